The molecule has 0 aromatic heterocycles. The van der Waals surface area contributed by atoms with Gasteiger partial charge in [0.1, 0.15) is 11.9 Å². The summed E-state index contributed by atoms with van der Waals surface area (Å²) in [6.07, 6.45) is 0. The summed E-state index contributed by atoms with van der Waals surface area (Å²) in [4.78, 5) is 10.8. The van der Waals surface area contributed by atoms with E-state index in [2.05, 4.69) is 4.72 Å². The van der Waals surface area contributed by atoms with Gasteiger partial charge in [-0.15, -0.1) is 0 Å². The predicted octanol–water partition coefficient (Wildman–Crippen LogP) is 2.64. The van der Waals surface area contributed by atoms with Crippen LogP contribution in [0.3, 0.4) is 0 Å². The molecule has 118 valence electrons. The fraction of sp³-hybridized carbons (Fsp3) is 0.462. The molecule has 2 unspecified atom stereocenters. The zero-order chi connectivity index (χ0) is 16.4. The largest absolute Gasteiger partial charge is 0.477 e. The Bertz CT molecular complexity index is 541. The topological polar surface area (TPSA) is 66.4 Å². The van der Waals surface area contributed by atoms with Gasteiger partial charge in [0.2, 0.25) is 0 Å². The molecule has 0 radical (unpaired) electrons. The molecule has 0 fully saturated rings. The SMILES string of the molecule is CC(C)(C)S(=O)NC(c1ccc(F)cc1)C(F)(F)C(=O)O. The van der Waals surface area contributed by atoms with Crippen molar-refractivity contribution in [3.63, 3.8) is 0 Å². The van der Waals surface area contributed by atoms with Gasteiger partial charge in [-0.3, -0.25) is 0 Å². The molecule has 21 heavy (non-hydrogen) atoms. The van der Waals surface area contributed by atoms with Crippen LogP contribution in [0.4, 0.5) is 13.2 Å². The van der Waals surface area contributed by atoms with Gasteiger partial charge >= 0.3 is 11.9 Å². The van der Waals surface area contributed by atoms with E-state index in [0.717, 1.165) is 24.3 Å². The van der Waals surface area contributed by atoms with Gasteiger partial charge < -0.3 is 5.11 Å². The van der Waals surface area contributed by atoms with Crippen LogP contribution in [0.25, 0.3) is 0 Å². The van der Waals surface area contributed by atoms with E-state index in [1.54, 1.807) is 20.8 Å². The second kappa shape index (κ2) is 6.15. The van der Waals surface area contributed by atoms with Crippen molar-refractivity contribution in [1.82, 2.24) is 4.72 Å². The smallest absolute Gasteiger partial charge is 0.376 e. The summed E-state index contributed by atoms with van der Waals surface area (Å²) in [6.45, 7) is 4.66. The highest BCUT2D eigenvalue weighted by molar-refractivity contribution is 7.84. The molecule has 0 saturated carbocycles. The van der Waals surface area contributed by atoms with Crippen LogP contribution >= 0.6 is 0 Å². The van der Waals surface area contributed by atoms with E-state index >= 15 is 0 Å². The summed E-state index contributed by atoms with van der Waals surface area (Å²) in [5.74, 6) is -7.19. The lowest BCUT2D eigenvalue weighted by Gasteiger charge is -2.28. The minimum atomic E-state index is -4.20. The van der Waals surface area contributed by atoms with Crippen LogP contribution in [0.2, 0.25) is 0 Å². The molecule has 0 aliphatic heterocycles. The fourth-order valence-electron chi connectivity index (χ4n) is 1.41. The van der Waals surface area contributed by atoms with E-state index in [1.165, 1.54) is 0 Å². The van der Waals surface area contributed by atoms with Crippen LogP contribution in [-0.4, -0.2) is 26.0 Å². The van der Waals surface area contributed by atoms with Gasteiger partial charge in [-0.1, -0.05) is 12.1 Å². The average molecular weight is 323 g/mol. The number of hydrogen-bond donors (Lipinski definition) is 2. The minimum Gasteiger partial charge on any atom is -0.477 e. The number of alkyl halides is 2. The summed E-state index contributed by atoms with van der Waals surface area (Å²) >= 11 is 0. The summed E-state index contributed by atoms with van der Waals surface area (Å²) in [5, 5.41) is 8.68. The van der Waals surface area contributed by atoms with Crippen molar-refractivity contribution < 1.29 is 27.3 Å². The number of rotatable bonds is 5. The molecule has 1 rings (SSSR count). The second-order valence-corrected chi connectivity index (χ2v) is 7.41. The molecule has 0 bridgehead atoms. The molecule has 0 spiro atoms. The second-order valence-electron chi connectivity index (χ2n) is 5.41. The first-order chi connectivity index (χ1) is 9.46. The predicted molar refractivity (Wildman–Crippen MR) is 72.8 cm³/mol. The standard InChI is InChI=1S/C13H16F3NO3S/c1-12(2,3)21(20)17-10(13(15,16)11(18)19)8-4-6-9(14)7-5-8/h4-7,10,17H,1-3H3,(H,18,19). The van der Waals surface area contributed by atoms with Crippen LogP contribution in [0.15, 0.2) is 24.3 Å². The molecular weight excluding hydrogens is 307 g/mol. The third-order valence-corrected chi connectivity index (χ3v) is 4.19. The number of halogens is 3. The Labute approximate surface area is 122 Å². The highest BCUT2D eigenvalue weighted by Crippen LogP contribution is 2.33. The van der Waals surface area contributed by atoms with E-state index in [4.69, 9.17) is 5.11 Å². The maximum atomic E-state index is 13.9. The van der Waals surface area contributed by atoms with Crippen LogP contribution in [0.5, 0.6) is 0 Å². The van der Waals surface area contributed by atoms with Crippen molar-refractivity contribution in [2.45, 2.75) is 37.5 Å². The fourth-order valence-corrected chi connectivity index (χ4v) is 2.27. The number of hydrogen-bond acceptors (Lipinski definition) is 2. The summed E-state index contributed by atoms with van der Waals surface area (Å²) in [6, 6.07) is 1.90. The Balaban J connectivity index is 3.21. The Hall–Kier alpha value is -1.41. The first kappa shape index (κ1) is 17.6. The number of aliphatic carboxylic acids is 1. The molecule has 8 heteroatoms. The number of carbonyl (C=O) groups is 1. The first-order valence-electron chi connectivity index (χ1n) is 6.01. The Morgan fingerprint density at radius 2 is 1.71 bits per heavy atom. The number of benzene rings is 1. The van der Waals surface area contributed by atoms with E-state index in [9.17, 15) is 22.2 Å². The van der Waals surface area contributed by atoms with Gasteiger partial charge in [0.15, 0.2) is 0 Å². The third-order valence-electron chi connectivity index (χ3n) is 2.63. The lowest BCUT2D eigenvalue weighted by molar-refractivity contribution is -0.168. The molecule has 0 heterocycles. The minimum absolute atomic E-state index is 0.165. The van der Waals surface area contributed by atoms with Gasteiger partial charge in [0, 0.05) is 0 Å². The molecule has 0 aliphatic rings. The maximum absolute atomic E-state index is 13.9. The highest BCUT2D eigenvalue weighted by atomic mass is 32.2. The number of carboxylic acids is 1. The zero-order valence-corrected chi connectivity index (χ0v) is 12.5. The van der Waals surface area contributed by atoms with Crippen LogP contribution < -0.4 is 4.72 Å². The van der Waals surface area contributed by atoms with Crippen LogP contribution in [0, 0.1) is 5.82 Å². The molecule has 0 saturated heterocycles. The number of carboxylic acid groups (broad SMARTS) is 1. The summed E-state index contributed by atoms with van der Waals surface area (Å²) < 4.78 is 53.8. The lowest BCUT2D eigenvalue weighted by atomic mass is 10.0. The van der Waals surface area contributed by atoms with Crippen molar-refractivity contribution in [3.05, 3.63) is 35.6 Å². The first-order valence-corrected chi connectivity index (χ1v) is 7.16. The molecular formula is C13H16F3NO3S. The summed E-state index contributed by atoms with van der Waals surface area (Å²) in [7, 11) is -1.92. The Morgan fingerprint density at radius 3 is 2.10 bits per heavy atom. The van der Waals surface area contributed by atoms with Crippen LogP contribution in [0.1, 0.15) is 32.4 Å². The van der Waals surface area contributed by atoms with Gasteiger partial charge in [0.25, 0.3) is 0 Å². The summed E-state index contributed by atoms with van der Waals surface area (Å²) in [5.41, 5.74) is -0.165. The molecule has 1 aromatic rings. The molecule has 0 aliphatic carbocycles. The van der Waals surface area contributed by atoms with E-state index in [0.29, 0.717) is 0 Å². The quantitative estimate of drug-likeness (QED) is 0.875. The van der Waals surface area contributed by atoms with Crippen molar-refractivity contribution in [3.8, 4) is 0 Å². The van der Waals surface area contributed by atoms with E-state index in [1.807, 2.05) is 0 Å². The average Bonchev–Trinajstić information content (AvgIpc) is 2.35. The Morgan fingerprint density at radius 1 is 1.24 bits per heavy atom. The van der Waals surface area contributed by atoms with Crippen molar-refractivity contribution in [1.29, 1.82) is 0 Å². The highest BCUT2D eigenvalue weighted by Gasteiger charge is 2.49. The van der Waals surface area contributed by atoms with Crippen molar-refractivity contribution in [2.24, 2.45) is 0 Å². The van der Waals surface area contributed by atoms with Gasteiger partial charge in [0.05, 0.1) is 15.7 Å². The normalized spacial score (nSPS) is 15.5. The Kier molecular flexibility index (Phi) is 5.16. The molecule has 4 nitrogen and oxygen atoms in total. The maximum Gasteiger partial charge on any atom is 0.376 e. The van der Waals surface area contributed by atoms with E-state index in [-0.39, 0.29) is 5.56 Å². The molecule has 2 atom stereocenters. The molecule has 0 amide bonds. The van der Waals surface area contributed by atoms with Crippen molar-refractivity contribution >= 4 is 17.0 Å². The van der Waals surface area contributed by atoms with Gasteiger partial charge in [-0.2, -0.15) is 8.78 Å². The monoisotopic (exact) mass is 323 g/mol. The van der Waals surface area contributed by atoms with Crippen LogP contribution in [-0.2, 0) is 15.8 Å². The lowest BCUT2D eigenvalue weighted by Crippen LogP contribution is -2.47. The van der Waals surface area contributed by atoms with Crippen molar-refractivity contribution in [2.75, 3.05) is 0 Å². The molecule has 1 aromatic carbocycles. The van der Waals surface area contributed by atoms with Gasteiger partial charge in [-0.25, -0.2) is 18.1 Å². The third kappa shape index (κ3) is 4.28. The van der Waals surface area contributed by atoms with Gasteiger partial charge in [-0.05, 0) is 38.5 Å². The van der Waals surface area contributed by atoms with E-state index < -0.39 is 39.5 Å². The molecule has 2 N–H and O–H groups in total. The zero-order valence-electron chi connectivity index (χ0n) is 11.7. The number of nitrogens with one attached hydrogen (secondary N) is 1.